The molecule has 1 aliphatic heterocycles. The fourth-order valence-electron chi connectivity index (χ4n) is 2.10. The number of amides is 1. The molecule has 0 bridgehead atoms. The van der Waals surface area contributed by atoms with E-state index in [0.717, 1.165) is 4.31 Å². The van der Waals surface area contributed by atoms with E-state index >= 15 is 0 Å². The van der Waals surface area contributed by atoms with Crippen molar-refractivity contribution in [1.29, 1.82) is 0 Å². The first-order chi connectivity index (χ1) is 10.8. The Labute approximate surface area is 145 Å². The quantitative estimate of drug-likeness (QED) is 0.556. The van der Waals surface area contributed by atoms with Gasteiger partial charge in [0.1, 0.15) is 0 Å². The maximum Gasteiger partial charge on any atom is 0.281 e. The highest BCUT2D eigenvalue weighted by atomic mass is 35.5. The summed E-state index contributed by atoms with van der Waals surface area (Å²) in [6.45, 7) is 1.07. The highest BCUT2D eigenvalue weighted by Gasteiger charge is 2.31. The van der Waals surface area contributed by atoms with Crippen LogP contribution in [-0.2, 0) is 10.2 Å². The van der Waals surface area contributed by atoms with Crippen LogP contribution in [0.2, 0.25) is 5.02 Å². The molecule has 2 heterocycles. The molecule has 1 fully saturated rings. The van der Waals surface area contributed by atoms with Crippen LogP contribution >= 0.6 is 23.4 Å². The Morgan fingerprint density at radius 1 is 1.30 bits per heavy atom. The van der Waals surface area contributed by atoms with Crippen LogP contribution in [0.1, 0.15) is 10.5 Å². The van der Waals surface area contributed by atoms with Gasteiger partial charge < -0.3 is 4.90 Å². The van der Waals surface area contributed by atoms with Crippen LogP contribution in [0.4, 0.5) is 0 Å². The van der Waals surface area contributed by atoms with Gasteiger partial charge in [0.2, 0.25) is 0 Å². The number of rotatable bonds is 4. The maximum absolute atomic E-state index is 12.5. The van der Waals surface area contributed by atoms with Crippen molar-refractivity contribution in [3.8, 4) is 0 Å². The van der Waals surface area contributed by atoms with Crippen molar-refractivity contribution in [2.45, 2.75) is 5.16 Å². The second-order valence-corrected chi connectivity index (χ2v) is 8.36. The van der Waals surface area contributed by atoms with Crippen LogP contribution in [0.25, 0.3) is 0 Å². The van der Waals surface area contributed by atoms with Crippen LogP contribution in [0, 0.1) is 0 Å². The van der Waals surface area contributed by atoms with Crippen LogP contribution in [0.15, 0.2) is 11.4 Å². The van der Waals surface area contributed by atoms with E-state index in [0.29, 0.717) is 18.2 Å². The third-order valence-corrected chi connectivity index (χ3v) is 6.20. The van der Waals surface area contributed by atoms with Crippen LogP contribution in [0.5, 0.6) is 0 Å². The minimum absolute atomic E-state index is 0.148. The van der Waals surface area contributed by atoms with Crippen LogP contribution in [-0.4, -0.2) is 84.3 Å². The van der Waals surface area contributed by atoms with E-state index < -0.39 is 10.2 Å². The summed E-state index contributed by atoms with van der Waals surface area (Å²) in [5.41, 5.74) is 0.148. The lowest BCUT2D eigenvalue weighted by atomic mass is 10.3. The number of thioether (sulfide) groups is 1. The van der Waals surface area contributed by atoms with Gasteiger partial charge >= 0.3 is 0 Å². The molecular formula is C12H18ClN5O3S2. The zero-order valence-corrected chi connectivity index (χ0v) is 15.4. The monoisotopic (exact) mass is 379 g/mol. The molecular weight excluding hydrogens is 362 g/mol. The number of hydrogen-bond acceptors (Lipinski definition) is 6. The second kappa shape index (κ2) is 7.31. The van der Waals surface area contributed by atoms with Crippen molar-refractivity contribution >= 4 is 39.5 Å². The Hall–Kier alpha value is -0.940. The zero-order chi connectivity index (χ0) is 17.2. The lowest BCUT2D eigenvalue weighted by Gasteiger charge is -2.35. The Bertz CT molecular complexity index is 690. The average molecular weight is 380 g/mol. The van der Waals surface area contributed by atoms with E-state index in [1.807, 2.05) is 6.26 Å². The van der Waals surface area contributed by atoms with Crippen molar-refractivity contribution in [2.75, 3.05) is 46.5 Å². The number of piperazine rings is 1. The molecule has 23 heavy (non-hydrogen) atoms. The molecule has 1 saturated heterocycles. The van der Waals surface area contributed by atoms with Gasteiger partial charge in [0, 0.05) is 40.3 Å². The van der Waals surface area contributed by atoms with Crippen molar-refractivity contribution < 1.29 is 13.2 Å². The minimum Gasteiger partial charge on any atom is -0.335 e. The van der Waals surface area contributed by atoms with Crippen molar-refractivity contribution in [3.63, 3.8) is 0 Å². The molecule has 0 N–H and O–H groups in total. The first kappa shape index (κ1) is 18.4. The Morgan fingerprint density at radius 2 is 1.91 bits per heavy atom. The molecule has 0 aromatic carbocycles. The Balaban J connectivity index is 2.10. The molecule has 0 saturated carbocycles. The lowest BCUT2D eigenvalue weighted by molar-refractivity contribution is 0.0688. The predicted molar refractivity (Wildman–Crippen MR) is 88.9 cm³/mol. The summed E-state index contributed by atoms with van der Waals surface area (Å²) in [5.74, 6) is -0.311. The first-order valence-electron chi connectivity index (χ1n) is 6.80. The molecule has 8 nitrogen and oxygen atoms in total. The molecule has 0 atom stereocenters. The molecule has 1 aromatic rings. The van der Waals surface area contributed by atoms with E-state index in [4.69, 9.17) is 11.6 Å². The second-order valence-electron chi connectivity index (χ2n) is 5.03. The summed E-state index contributed by atoms with van der Waals surface area (Å²) in [7, 11) is -0.492. The highest BCUT2D eigenvalue weighted by Crippen LogP contribution is 2.19. The summed E-state index contributed by atoms with van der Waals surface area (Å²) >= 11 is 7.33. The van der Waals surface area contributed by atoms with Crippen LogP contribution < -0.4 is 0 Å². The molecule has 128 valence electrons. The Morgan fingerprint density at radius 3 is 2.43 bits per heavy atom. The molecule has 11 heteroatoms. The normalized spacial score (nSPS) is 16.8. The van der Waals surface area contributed by atoms with Gasteiger partial charge in [0.25, 0.3) is 16.1 Å². The summed E-state index contributed by atoms with van der Waals surface area (Å²) in [6, 6.07) is 0. The van der Waals surface area contributed by atoms with Crippen molar-refractivity contribution in [1.82, 2.24) is 23.5 Å². The summed E-state index contributed by atoms with van der Waals surface area (Å²) in [6.07, 6.45) is 3.21. The van der Waals surface area contributed by atoms with E-state index in [1.165, 1.54) is 36.4 Å². The van der Waals surface area contributed by atoms with E-state index in [9.17, 15) is 13.2 Å². The largest absolute Gasteiger partial charge is 0.335 e. The number of carbonyl (C=O) groups excluding carboxylic acids is 1. The molecule has 0 spiro atoms. The predicted octanol–water partition coefficient (Wildman–Crippen LogP) is 0.416. The zero-order valence-electron chi connectivity index (χ0n) is 13.1. The number of hydrogen-bond donors (Lipinski definition) is 0. The van der Waals surface area contributed by atoms with Gasteiger partial charge in [-0.2, -0.15) is 17.0 Å². The third-order valence-electron chi connectivity index (χ3n) is 3.42. The van der Waals surface area contributed by atoms with Gasteiger partial charge in [0.15, 0.2) is 10.9 Å². The average Bonchev–Trinajstić information content (AvgIpc) is 2.54. The summed E-state index contributed by atoms with van der Waals surface area (Å²) < 4.78 is 26.7. The molecule has 2 rings (SSSR count). The molecule has 0 unspecified atom stereocenters. The molecule has 0 aliphatic carbocycles. The van der Waals surface area contributed by atoms with E-state index in [2.05, 4.69) is 9.97 Å². The topological polar surface area (TPSA) is 86.7 Å². The number of carbonyl (C=O) groups is 1. The van der Waals surface area contributed by atoms with Crippen LogP contribution in [0.3, 0.4) is 0 Å². The smallest absolute Gasteiger partial charge is 0.281 e. The van der Waals surface area contributed by atoms with Gasteiger partial charge in [-0.15, -0.1) is 0 Å². The fourth-order valence-corrected chi connectivity index (χ4v) is 3.70. The molecule has 1 aliphatic rings. The van der Waals surface area contributed by atoms with Gasteiger partial charge in [-0.25, -0.2) is 9.97 Å². The first-order valence-corrected chi connectivity index (χ1v) is 9.80. The minimum atomic E-state index is -3.46. The third kappa shape index (κ3) is 3.94. The molecule has 0 radical (unpaired) electrons. The SMILES string of the molecule is CSc1ncc(Cl)c(C(=O)N2CCN(S(=O)(=O)N(C)C)CC2)n1. The summed E-state index contributed by atoms with van der Waals surface area (Å²) in [5, 5.41) is 0.655. The fraction of sp³-hybridized carbons (Fsp3) is 0.583. The van der Waals surface area contributed by atoms with Crippen molar-refractivity contribution in [3.05, 3.63) is 16.9 Å². The molecule has 1 amide bonds. The summed E-state index contributed by atoms with van der Waals surface area (Å²) in [4.78, 5) is 22.3. The standard InChI is InChI=1S/C12H18ClN5O3S2/c1-16(2)23(20,21)18-6-4-17(5-7-18)11(19)10-9(13)8-14-12(15-10)22-3/h8H,4-7H2,1-3H3. The van der Waals surface area contributed by atoms with Gasteiger partial charge in [-0.1, -0.05) is 23.4 Å². The number of nitrogens with zero attached hydrogens (tertiary/aromatic N) is 5. The maximum atomic E-state index is 12.5. The highest BCUT2D eigenvalue weighted by molar-refractivity contribution is 7.98. The lowest BCUT2D eigenvalue weighted by Crippen LogP contribution is -2.53. The number of halogens is 1. The van der Waals surface area contributed by atoms with Crippen molar-refractivity contribution in [2.24, 2.45) is 0 Å². The van der Waals surface area contributed by atoms with E-state index in [1.54, 1.807) is 4.90 Å². The Kier molecular flexibility index (Phi) is 5.84. The number of aromatic nitrogens is 2. The van der Waals surface area contributed by atoms with Gasteiger partial charge in [0.05, 0.1) is 11.2 Å². The van der Waals surface area contributed by atoms with E-state index in [-0.39, 0.29) is 29.7 Å². The van der Waals surface area contributed by atoms with Gasteiger partial charge in [-0.3, -0.25) is 4.79 Å². The van der Waals surface area contributed by atoms with Gasteiger partial charge in [-0.05, 0) is 6.26 Å². The molecule has 1 aromatic heterocycles.